The second-order valence-electron chi connectivity index (χ2n) is 4.70. The molecule has 0 heterocycles. The standard InChI is InChI=1S/C10H22O4S/c1-5-10(3,4)6-7-14-9(2)8-15(11,12)13/h9H,5-8H2,1-4H3,(H,11,12,13). The summed E-state index contributed by atoms with van der Waals surface area (Å²) < 4.78 is 35.0. The predicted octanol–water partition coefficient (Wildman–Crippen LogP) is 2.11. The SMILES string of the molecule is CCC(C)(C)CCOC(C)CS(=O)(=O)O. The Labute approximate surface area is 92.8 Å². The molecule has 0 aliphatic rings. The highest BCUT2D eigenvalue weighted by molar-refractivity contribution is 7.85. The number of hydrogen-bond acceptors (Lipinski definition) is 3. The largest absolute Gasteiger partial charge is 0.377 e. The minimum absolute atomic E-state index is 0.220. The van der Waals surface area contributed by atoms with Crippen LogP contribution in [0.3, 0.4) is 0 Å². The van der Waals surface area contributed by atoms with Crippen molar-refractivity contribution in [1.82, 2.24) is 0 Å². The van der Waals surface area contributed by atoms with Gasteiger partial charge >= 0.3 is 0 Å². The summed E-state index contributed by atoms with van der Waals surface area (Å²) in [6, 6.07) is 0. The van der Waals surface area contributed by atoms with Crippen LogP contribution in [0, 0.1) is 5.41 Å². The molecule has 0 aromatic rings. The molecule has 1 atom stereocenters. The maximum absolute atomic E-state index is 10.5. The zero-order valence-corrected chi connectivity index (χ0v) is 10.8. The first-order valence-electron chi connectivity index (χ1n) is 5.23. The molecular weight excluding hydrogens is 216 g/mol. The van der Waals surface area contributed by atoms with Gasteiger partial charge in [-0.05, 0) is 18.8 Å². The van der Waals surface area contributed by atoms with E-state index in [2.05, 4.69) is 20.8 Å². The lowest BCUT2D eigenvalue weighted by Crippen LogP contribution is -2.23. The molecule has 0 bridgehead atoms. The maximum atomic E-state index is 10.5. The molecule has 4 nitrogen and oxygen atoms in total. The minimum atomic E-state index is -3.92. The summed E-state index contributed by atoms with van der Waals surface area (Å²) in [5, 5.41) is 0. The van der Waals surface area contributed by atoms with Crippen molar-refractivity contribution in [2.75, 3.05) is 12.4 Å². The van der Waals surface area contributed by atoms with Gasteiger partial charge < -0.3 is 4.74 Å². The van der Waals surface area contributed by atoms with E-state index in [9.17, 15) is 8.42 Å². The van der Waals surface area contributed by atoms with Crippen molar-refractivity contribution in [2.45, 2.75) is 46.6 Å². The highest BCUT2D eigenvalue weighted by Gasteiger charge is 2.17. The molecule has 5 heteroatoms. The van der Waals surface area contributed by atoms with E-state index in [4.69, 9.17) is 9.29 Å². The Hall–Kier alpha value is -0.130. The number of hydrogen-bond donors (Lipinski definition) is 1. The molecule has 1 N–H and O–H groups in total. The Bertz CT molecular complexity index is 269. The van der Waals surface area contributed by atoms with Gasteiger partial charge in [0.2, 0.25) is 0 Å². The van der Waals surface area contributed by atoms with Crippen LogP contribution in [0.4, 0.5) is 0 Å². The van der Waals surface area contributed by atoms with Crippen molar-refractivity contribution in [3.8, 4) is 0 Å². The zero-order chi connectivity index (χ0) is 12.1. The van der Waals surface area contributed by atoms with Crippen LogP contribution < -0.4 is 0 Å². The molecule has 0 aromatic heterocycles. The Kier molecular flexibility index (Phi) is 5.77. The van der Waals surface area contributed by atoms with Gasteiger partial charge in [0.05, 0.1) is 6.10 Å². The van der Waals surface area contributed by atoms with E-state index in [1.54, 1.807) is 6.92 Å². The van der Waals surface area contributed by atoms with Crippen molar-refractivity contribution in [1.29, 1.82) is 0 Å². The molecule has 0 amide bonds. The van der Waals surface area contributed by atoms with Gasteiger partial charge in [-0.1, -0.05) is 27.2 Å². The highest BCUT2D eigenvalue weighted by Crippen LogP contribution is 2.24. The molecule has 15 heavy (non-hydrogen) atoms. The van der Waals surface area contributed by atoms with Gasteiger partial charge in [0.15, 0.2) is 0 Å². The summed E-state index contributed by atoms with van der Waals surface area (Å²) >= 11 is 0. The van der Waals surface area contributed by atoms with Crippen molar-refractivity contribution >= 4 is 10.1 Å². The molecule has 0 radical (unpaired) electrons. The van der Waals surface area contributed by atoms with Gasteiger partial charge in [-0.25, -0.2) is 0 Å². The molecule has 1 unspecified atom stereocenters. The summed E-state index contributed by atoms with van der Waals surface area (Å²) in [6.45, 7) is 8.57. The fourth-order valence-corrected chi connectivity index (χ4v) is 1.75. The first-order valence-corrected chi connectivity index (χ1v) is 6.84. The molecule has 0 aromatic carbocycles. The molecule has 0 spiro atoms. The van der Waals surface area contributed by atoms with Crippen molar-refractivity contribution in [3.63, 3.8) is 0 Å². The molecule has 92 valence electrons. The molecule has 0 saturated heterocycles. The normalized spacial score (nSPS) is 15.3. The maximum Gasteiger partial charge on any atom is 0.267 e. The summed E-state index contributed by atoms with van der Waals surface area (Å²) in [5.41, 5.74) is 0.220. The van der Waals surface area contributed by atoms with E-state index in [0.717, 1.165) is 12.8 Å². The van der Waals surface area contributed by atoms with Gasteiger partial charge in [-0.3, -0.25) is 4.55 Å². The van der Waals surface area contributed by atoms with E-state index in [0.29, 0.717) is 6.61 Å². The molecule has 0 rings (SSSR count). The quantitative estimate of drug-likeness (QED) is 0.690. The van der Waals surface area contributed by atoms with Crippen LogP contribution in [-0.2, 0) is 14.9 Å². The van der Waals surface area contributed by atoms with Crippen LogP contribution in [0.1, 0.15) is 40.5 Å². The Morgan fingerprint density at radius 2 is 1.93 bits per heavy atom. The monoisotopic (exact) mass is 238 g/mol. The third-order valence-electron chi connectivity index (χ3n) is 2.58. The summed E-state index contributed by atoms with van der Waals surface area (Å²) in [6.07, 6.45) is 1.50. The summed E-state index contributed by atoms with van der Waals surface area (Å²) in [5.74, 6) is -0.334. The Morgan fingerprint density at radius 1 is 1.40 bits per heavy atom. The van der Waals surface area contributed by atoms with Gasteiger partial charge in [0, 0.05) is 6.61 Å². The summed E-state index contributed by atoms with van der Waals surface area (Å²) in [7, 11) is -3.92. The van der Waals surface area contributed by atoms with Crippen molar-refractivity contribution in [3.05, 3.63) is 0 Å². The van der Waals surface area contributed by atoms with Crippen LogP contribution in [0.15, 0.2) is 0 Å². The second kappa shape index (κ2) is 5.82. The third kappa shape index (κ3) is 8.84. The average Bonchev–Trinajstić information content (AvgIpc) is 2.00. The number of ether oxygens (including phenoxy) is 1. The Morgan fingerprint density at radius 3 is 2.33 bits per heavy atom. The van der Waals surface area contributed by atoms with E-state index in [1.807, 2.05) is 0 Å². The molecule has 0 aliphatic heterocycles. The molecule has 0 fully saturated rings. The molecule has 0 saturated carbocycles. The van der Waals surface area contributed by atoms with E-state index in [-0.39, 0.29) is 11.2 Å². The lowest BCUT2D eigenvalue weighted by Gasteiger charge is -2.23. The molecule has 0 aliphatic carbocycles. The third-order valence-corrected chi connectivity index (χ3v) is 3.47. The molecular formula is C10H22O4S. The van der Waals surface area contributed by atoms with Crippen molar-refractivity contribution in [2.24, 2.45) is 5.41 Å². The van der Waals surface area contributed by atoms with Crippen LogP contribution in [-0.4, -0.2) is 31.4 Å². The summed E-state index contributed by atoms with van der Waals surface area (Å²) in [4.78, 5) is 0. The minimum Gasteiger partial charge on any atom is -0.377 e. The van der Waals surface area contributed by atoms with E-state index < -0.39 is 16.2 Å². The van der Waals surface area contributed by atoms with Crippen molar-refractivity contribution < 1.29 is 17.7 Å². The smallest absolute Gasteiger partial charge is 0.267 e. The number of rotatable bonds is 7. The lowest BCUT2D eigenvalue weighted by atomic mass is 9.87. The van der Waals surface area contributed by atoms with Crippen LogP contribution in [0.5, 0.6) is 0 Å². The van der Waals surface area contributed by atoms with E-state index >= 15 is 0 Å². The first kappa shape index (κ1) is 14.9. The fourth-order valence-electron chi connectivity index (χ4n) is 1.06. The predicted molar refractivity (Wildman–Crippen MR) is 60.5 cm³/mol. The average molecular weight is 238 g/mol. The fraction of sp³-hybridized carbons (Fsp3) is 1.00. The second-order valence-corrected chi connectivity index (χ2v) is 6.19. The van der Waals surface area contributed by atoms with Gasteiger partial charge in [-0.15, -0.1) is 0 Å². The van der Waals surface area contributed by atoms with Crippen LogP contribution in [0.2, 0.25) is 0 Å². The topological polar surface area (TPSA) is 63.6 Å². The lowest BCUT2D eigenvalue weighted by molar-refractivity contribution is 0.0577. The van der Waals surface area contributed by atoms with Gasteiger partial charge in [0.25, 0.3) is 10.1 Å². The highest BCUT2D eigenvalue weighted by atomic mass is 32.2. The zero-order valence-electron chi connectivity index (χ0n) is 9.99. The van der Waals surface area contributed by atoms with Gasteiger partial charge in [-0.2, -0.15) is 8.42 Å². The van der Waals surface area contributed by atoms with Gasteiger partial charge in [0.1, 0.15) is 5.75 Å². The Balaban J connectivity index is 3.78. The van der Waals surface area contributed by atoms with E-state index in [1.165, 1.54) is 0 Å². The van der Waals surface area contributed by atoms with Crippen LogP contribution >= 0.6 is 0 Å². The van der Waals surface area contributed by atoms with Crippen LogP contribution in [0.25, 0.3) is 0 Å². The first-order chi connectivity index (χ1) is 6.66.